The summed E-state index contributed by atoms with van der Waals surface area (Å²) in [7, 11) is 0. The van der Waals surface area contributed by atoms with Gasteiger partial charge < -0.3 is 4.90 Å². The standard InChI is InChI=1S/C64H43NS2/c1-63(2)52-24-10-6-19-46(52)49-36-35-43(38-56(49)63)65(42-33-31-41(32-34-42)45-23-16-30-60-61(45)50-22-9-14-28-58(50)66-60)44-37-51(40-17-4-3-5-18-40)62-57(39-44)64(55-27-13-15-29-59(55)67-62)53-25-11-7-20-47(53)48-21-8-12-26-54(48)64/h3-39H,1-2H3/i3D,4D,5D,17D,18D. The Balaban J connectivity index is 1.08. The largest absolute Gasteiger partial charge is 0.310 e. The average Bonchev–Trinajstić information content (AvgIpc) is 4.02. The number of fused-ring (bicyclic) bond motifs is 15. The van der Waals surface area contributed by atoms with E-state index in [9.17, 15) is 2.74 Å². The zero-order chi connectivity index (χ0) is 48.8. The van der Waals surface area contributed by atoms with Gasteiger partial charge in [-0.1, -0.05) is 195 Å². The minimum Gasteiger partial charge on any atom is -0.310 e. The number of benzene rings is 10. The first kappa shape index (κ1) is 34.0. The third-order valence-corrected chi connectivity index (χ3v) is 17.0. The highest BCUT2D eigenvalue weighted by atomic mass is 32.2. The van der Waals surface area contributed by atoms with E-state index in [1.54, 1.807) is 11.8 Å². The molecular weight excluding hydrogens is 847 g/mol. The minimum atomic E-state index is -0.818. The summed E-state index contributed by atoms with van der Waals surface area (Å²) in [5.41, 5.74) is 16.3. The van der Waals surface area contributed by atoms with Crippen LogP contribution in [0.2, 0.25) is 0 Å². The zero-order valence-corrected chi connectivity index (χ0v) is 38.4. The smallest absolute Gasteiger partial charge is 0.0736 e. The molecule has 2 aliphatic carbocycles. The number of thiophene rings is 1. The molecule has 2 heterocycles. The van der Waals surface area contributed by atoms with Crippen LogP contribution in [-0.4, -0.2) is 0 Å². The second kappa shape index (κ2) is 14.5. The molecule has 0 saturated carbocycles. The van der Waals surface area contributed by atoms with Gasteiger partial charge in [-0.3, -0.25) is 0 Å². The number of hydrogen-bond donors (Lipinski definition) is 0. The third kappa shape index (κ3) is 5.50. The van der Waals surface area contributed by atoms with E-state index >= 15 is 0 Å². The molecule has 1 nitrogen and oxygen atoms in total. The summed E-state index contributed by atoms with van der Waals surface area (Å²) in [4.78, 5) is 4.23. The van der Waals surface area contributed by atoms with Gasteiger partial charge in [0.05, 0.1) is 12.3 Å². The van der Waals surface area contributed by atoms with Crippen molar-refractivity contribution < 1.29 is 6.85 Å². The van der Waals surface area contributed by atoms with Crippen LogP contribution < -0.4 is 4.90 Å². The Morgan fingerprint density at radius 2 is 1.00 bits per heavy atom. The average molecular weight is 895 g/mol. The van der Waals surface area contributed by atoms with Crippen molar-refractivity contribution in [3.8, 4) is 44.5 Å². The van der Waals surface area contributed by atoms with E-state index in [-0.39, 0.29) is 35.1 Å². The van der Waals surface area contributed by atoms with Crippen LogP contribution in [0.4, 0.5) is 17.1 Å². The normalized spacial score (nSPS) is 15.3. The molecule has 0 saturated heterocycles. The highest BCUT2D eigenvalue weighted by molar-refractivity contribution is 7.99. The van der Waals surface area contributed by atoms with Crippen LogP contribution in [0.15, 0.2) is 234 Å². The van der Waals surface area contributed by atoms with Crippen molar-refractivity contribution in [1.29, 1.82) is 0 Å². The maximum absolute atomic E-state index is 9.57. The molecule has 0 atom stereocenters. The van der Waals surface area contributed by atoms with Crippen molar-refractivity contribution in [1.82, 2.24) is 0 Å². The fourth-order valence-electron chi connectivity index (χ4n) is 11.7. The molecule has 0 bridgehead atoms. The van der Waals surface area contributed by atoms with Crippen LogP contribution in [0.3, 0.4) is 0 Å². The molecule has 1 aliphatic heterocycles. The van der Waals surface area contributed by atoms with Gasteiger partial charge in [-0.25, -0.2) is 0 Å². The van der Waals surface area contributed by atoms with Crippen LogP contribution >= 0.6 is 23.1 Å². The van der Waals surface area contributed by atoms with Crippen molar-refractivity contribution in [2.24, 2.45) is 0 Å². The molecule has 11 aromatic rings. The predicted molar refractivity (Wildman–Crippen MR) is 284 cm³/mol. The molecule has 0 fully saturated rings. The van der Waals surface area contributed by atoms with Crippen LogP contribution in [0.25, 0.3) is 64.7 Å². The van der Waals surface area contributed by atoms with Gasteiger partial charge in [-0.05, 0) is 132 Å². The first-order valence-corrected chi connectivity index (χ1v) is 24.5. The maximum atomic E-state index is 9.57. The SMILES string of the molecule is [2H]c1c([2H])c([2H])c(-c2cc(N(c3ccc(-c4cccc5sc6ccccc6c45)cc3)c3ccc4c(c3)C(C)(C)c3ccccc3-4)cc3c2Sc2ccccc2C32c3ccccc3-c3ccccc32)c([2H])c1[2H]. The molecule has 1 spiro atoms. The lowest BCUT2D eigenvalue weighted by Gasteiger charge is -2.41. The summed E-state index contributed by atoms with van der Waals surface area (Å²) in [6, 6.07) is 68.3. The quantitative estimate of drug-likeness (QED) is 0.169. The Kier molecular flexibility index (Phi) is 7.37. The molecule has 1 aromatic heterocycles. The van der Waals surface area contributed by atoms with Crippen molar-refractivity contribution in [3.63, 3.8) is 0 Å². The Hall–Kier alpha value is -7.43. The molecule has 3 heteroatoms. The highest BCUT2D eigenvalue weighted by Gasteiger charge is 2.51. The van der Waals surface area contributed by atoms with Crippen molar-refractivity contribution in [2.45, 2.75) is 34.5 Å². The Morgan fingerprint density at radius 1 is 0.418 bits per heavy atom. The van der Waals surface area contributed by atoms with E-state index in [4.69, 9.17) is 4.11 Å². The first-order chi connectivity index (χ1) is 35.0. The lowest BCUT2D eigenvalue weighted by atomic mass is 9.67. The topological polar surface area (TPSA) is 3.24 Å². The monoisotopic (exact) mass is 894 g/mol. The molecule has 3 aliphatic rings. The van der Waals surface area contributed by atoms with Gasteiger partial charge in [-0.2, -0.15) is 0 Å². The van der Waals surface area contributed by atoms with Gasteiger partial charge in [0.1, 0.15) is 0 Å². The van der Waals surface area contributed by atoms with E-state index in [0.717, 1.165) is 65.8 Å². The third-order valence-electron chi connectivity index (χ3n) is 14.6. The summed E-state index contributed by atoms with van der Waals surface area (Å²) in [5.74, 6) is 0. The maximum Gasteiger partial charge on any atom is 0.0736 e. The molecule has 316 valence electrons. The van der Waals surface area contributed by atoms with E-state index in [1.165, 1.54) is 48.0 Å². The van der Waals surface area contributed by atoms with Crippen molar-refractivity contribution >= 4 is 60.3 Å². The molecule has 10 aromatic carbocycles. The molecule has 67 heavy (non-hydrogen) atoms. The molecule has 0 N–H and O–H groups in total. The second-order valence-corrected chi connectivity index (χ2v) is 20.5. The summed E-state index contributed by atoms with van der Waals surface area (Å²) < 4.78 is 48.4. The van der Waals surface area contributed by atoms with Crippen molar-refractivity contribution in [2.75, 3.05) is 4.90 Å². The molecular formula is C64H43NS2. The fourth-order valence-corrected chi connectivity index (χ4v) is 14.1. The van der Waals surface area contributed by atoms with Gasteiger partial charge in [0.25, 0.3) is 0 Å². The zero-order valence-electron chi connectivity index (χ0n) is 41.7. The van der Waals surface area contributed by atoms with E-state index < -0.39 is 11.5 Å². The van der Waals surface area contributed by atoms with Gasteiger partial charge in [0, 0.05) is 52.4 Å². The van der Waals surface area contributed by atoms with Gasteiger partial charge >= 0.3 is 0 Å². The highest BCUT2D eigenvalue weighted by Crippen LogP contribution is 2.64. The molecule has 14 rings (SSSR count). The predicted octanol–water partition coefficient (Wildman–Crippen LogP) is 18.0. The fraction of sp³-hybridized carbons (Fsp3) is 0.0625. The Labute approximate surface area is 406 Å². The van der Waals surface area contributed by atoms with Crippen LogP contribution in [0.5, 0.6) is 0 Å². The van der Waals surface area contributed by atoms with Crippen LogP contribution in [0, 0.1) is 0 Å². The Bertz CT molecular complexity index is 4060. The minimum absolute atomic E-state index is 0.178. The lowest BCUT2D eigenvalue weighted by molar-refractivity contribution is 0.660. The molecule has 0 unspecified atom stereocenters. The second-order valence-electron chi connectivity index (χ2n) is 18.4. The van der Waals surface area contributed by atoms with E-state index in [2.05, 4.69) is 213 Å². The van der Waals surface area contributed by atoms with Gasteiger partial charge in [0.2, 0.25) is 0 Å². The number of hydrogen-bond acceptors (Lipinski definition) is 3. The number of anilines is 3. The number of nitrogens with zero attached hydrogens (tertiary/aromatic N) is 1. The summed E-state index contributed by atoms with van der Waals surface area (Å²) in [5, 5.41) is 2.50. The summed E-state index contributed by atoms with van der Waals surface area (Å²) >= 11 is 3.43. The lowest BCUT2D eigenvalue weighted by Crippen LogP contribution is -2.32. The van der Waals surface area contributed by atoms with Gasteiger partial charge in [-0.15, -0.1) is 11.3 Å². The van der Waals surface area contributed by atoms with E-state index in [0.29, 0.717) is 5.56 Å². The van der Waals surface area contributed by atoms with E-state index in [1.807, 2.05) is 11.3 Å². The first-order valence-electron chi connectivity index (χ1n) is 25.3. The van der Waals surface area contributed by atoms with Gasteiger partial charge in [0.15, 0.2) is 0 Å². The molecule has 0 amide bonds. The number of rotatable bonds is 5. The molecule has 0 radical (unpaired) electrons. The van der Waals surface area contributed by atoms with Crippen LogP contribution in [0.1, 0.15) is 54.1 Å². The van der Waals surface area contributed by atoms with Crippen molar-refractivity contribution in [3.05, 3.63) is 258 Å². The summed E-state index contributed by atoms with van der Waals surface area (Å²) in [6.07, 6.45) is 0. The Morgan fingerprint density at radius 3 is 1.76 bits per heavy atom. The summed E-state index contributed by atoms with van der Waals surface area (Å²) in [6.45, 7) is 4.61. The van der Waals surface area contributed by atoms with Crippen LogP contribution in [-0.2, 0) is 10.8 Å².